The molecule has 4 nitrogen and oxygen atoms in total. The molecule has 0 aliphatic heterocycles. The third-order valence-corrected chi connectivity index (χ3v) is 2.16. The average Bonchev–Trinajstić information content (AvgIpc) is 2.25. The standard InChI is InChI=1S/C10H12N4S/c1-14(2)7-8(6-11)9-4-5-12-10(13-9)15-3/h4-5,7H,1-3H3. The summed E-state index contributed by atoms with van der Waals surface area (Å²) in [5, 5.41) is 9.65. The first kappa shape index (κ1) is 11.5. The van der Waals surface area contributed by atoms with E-state index in [-0.39, 0.29) is 0 Å². The van der Waals surface area contributed by atoms with Gasteiger partial charge in [0.1, 0.15) is 6.07 Å². The van der Waals surface area contributed by atoms with Crippen molar-refractivity contribution in [2.24, 2.45) is 0 Å². The first-order chi connectivity index (χ1) is 7.17. The third kappa shape index (κ3) is 3.26. The van der Waals surface area contributed by atoms with Gasteiger partial charge in [0.25, 0.3) is 0 Å². The van der Waals surface area contributed by atoms with Crippen LogP contribution < -0.4 is 0 Å². The molecule has 0 bridgehead atoms. The van der Waals surface area contributed by atoms with Crippen LogP contribution in [0.1, 0.15) is 5.69 Å². The van der Waals surface area contributed by atoms with E-state index in [1.807, 2.05) is 25.3 Å². The fraction of sp³-hybridized carbons (Fsp3) is 0.300. The average molecular weight is 220 g/mol. The van der Waals surface area contributed by atoms with Crippen molar-refractivity contribution in [3.05, 3.63) is 24.2 Å². The Morgan fingerprint density at radius 3 is 2.87 bits per heavy atom. The van der Waals surface area contributed by atoms with Gasteiger partial charge >= 0.3 is 0 Å². The molecule has 0 aromatic carbocycles. The molecule has 0 unspecified atom stereocenters. The zero-order valence-electron chi connectivity index (χ0n) is 8.93. The second-order valence-corrected chi connectivity index (χ2v) is 3.82. The largest absolute Gasteiger partial charge is 0.382 e. The number of allylic oxidation sites excluding steroid dienone is 1. The molecule has 0 aliphatic rings. The summed E-state index contributed by atoms with van der Waals surface area (Å²) in [6, 6.07) is 3.86. The van der Waals surface area contributed by atoms with E-state index < -0.39 is 0 Å². The number of hydrogen-bond acceptors (Lipinski definition) is 5. The summed E-state index contributed by atoms with van der Waals surface area (Å²) in [7, 11) is 3.74. The Labute approximate surface area is 93.6 Å². The van der Waals surface area contributed by atoms with Crippen molar-refractivity contribution in [3.63, 3.8) is 0 Å². The zero-order chi connectivity index (χ0) is 11.3. The molecular formula is C10H12N4S. The number of hydrogen-bond donors (Lipinski definition) is 0. The van der Waals surface area contributed by atoms with Crippen molar-refractivity contribution in [2.45, 2.75) is 5.16 Å². The molecule has 78 valence electrons. The summed E-state index contributed by atoms with van der Waals surface area (Å²) in [4.78, 5) is 10.1. The highest BCUT2D eigenvalue weighted by Crippen LogP contribution is 2.14. The van der Waals surface area contributed by atoms with Crippen LogP contribution in [-0.4, -0.2) is 35.2 Å². The maximum absolute atomic E-state index is 8.98. The van der Waals surface area contributed by atoms with E-state index in [1.165, 1.54) is 11.8 Å². The molecule has 5 heteroatoms. The second-order valence-electron chi connectivity index (χ2n) is 3.05. The Hall–Kier alpha value is -1.54. The molecule has 0 saturated heterocycles. The molecule has 0 atom stereocenters. The minimum atomic E-state index is 0.540. The van der Waals surface area contributed by atoms with Gasteiger partial charge in [0.05, 0.1) is 11.3 Å². The molecule has 1 rings (SSSR count). The van der Waals surface area contributed by atoms with Gasteiger partial charge < -0.3 is 4.90 Å². The van der Waals surface area contributed by atoms with Gasteiger partial charge in [-0.25, -0.2) is 9.97 Å². The van der Waals surface area contributed by atoms with E-state index >= 15 is 0 Å². The highest BCUT2D eigenvalue weighted by Gasteiger charge is 2.04. The van der Waals surface area contributed by atoms with E-state index in [9.17, 15) is 0 Å². The van der Waals surface area contributed by atoms with E-state index in [0.29, 0.717) is 16.4 Å². The van der Waals surface area contributed by atoms with Crippen LogP contribution in [0.2, 0.25) is 0 Å². The van der Waals surface area contributed by atoms with Gasteiger partial charge in [-0.05, 0) is 12.3 Å². The second kappa shape index (κ2) is 5.37. The Bertz CT molecular complexity index is 406. The molecular weight excluding hydrogens is 208 g/mol. The van der Waals surface area contributed by atoms with Crippen molar-refractivity contribution < 1.29 is 0 Å². The molecule has 15 heavy (non-hydrogen) atoms. The lowest BCUT2D eigenvalue weighted by molar-refractivity contribution is 0.566. The lowest BCUT2D eigenvalue weighted by Gasteiger charge is -2.06. The normalized spacial score (nSPS) is 10.9. The first-order valence-corrected chi connectivity index (χ1v) is 5.55. The smallest absolute Gasteiger partial charge is 0.187 e. The Morgan fingerprint density at radius 1 is 1.60 bits per heavy atom. The van der Waals surface area contributed by atoms with E-state index in [1.54, 1.807) is 18.5 Å². The molecule has 0 N–H and O–H groups in total. The molecule has 1 aromatic heterocycles. The summed E-state index contributed by atoms with van der Waals surface area (Å²) in [6.45, 7) is 0. The highest BCUT2D eigenvalue weighted by atomic mass is 32.2. The van der Waals surface area contributed by atoms with Crippen LogP contribution in [0, 0.1) is 11.3 Å². The lowest BCUT2D eigenvalue weighted by Crippen LogP contribution is -2.03. The molecule has 0 amide bonds. The van der Waals surface area contributed by atoms with Gasteiger partial charge in [0.2, 0.25) is 0 Å². The van der Waals surface area contributed by atoms with Crippen molar-refractivity contribution >= 4 is 17.3 Å². The van der Waals surface area contributed by atoms with Crippen LogP contribution in [0.5, 0.6) is 0 Å². The maximum Gasteiger partial charge on any atom is 0.187 e. The van der Waals surface area contributed by atoms with Crippen LogP contribution in [0.25, 0.3) is 5.57 Å². The van der Waals surface area contributed by atoms with Gasteiger partial charge in [0.15, 0.2) is 5.16 Å². The molecule has 0 radical (unpaired) electrons. The van der Waals surface area contributed by atoms with Gasteiger partial charge in [-0.2, -0.15) is 5.26 Å². The summed E-state index contributed by atoms with van der Waals surface area (Å²) in [5.74, 6) is 0. The summed E-state index contributed by atoms with van der Waals surface area (Å²) in [6.07, 6.45) is 5.31. The monoisotopic (exact) mass is 220 g/mol. The molecule has 0 saturated carbocycles. The lowest BCUT2D eigenvalue weighted by atomic mass is 10.2. The molecule has 1 aromatic rings. The van der Waals surface area contributed by atoms with E-state index in [4.69, 9.17) is 5.26 Å². The quantitative estimate of drug-likeness (QED) is 0.440. The predicted octanol–water partition coefficient (Wildman–Crippen LogP) is 1.62. The fourth-order valence-corrected chi connectivity index (χ4v) is 1.36. The number of thioether (sulfide) groups is 1. The minimum Gasteiger partial charge on any atom is -0.382 e. The number of rotatable bonds is 3. The number of nitriles is 1. The first-order valence-electron chi connectivity index (χ1n) is 4.33. The predicted molar refractivity (Wildman–Crippen MR) is 61.1 cm³/mol. The number of aromatic nitrogens is 2. The minimum absolute atomic E-state index is 0.540. The SMILES string of the molecule is CSc1nccc(C(C#N)=CN(C)C)n1. The van der Waals surface area contributed by atoms with E-state index in [2.05, 4.69) is 16.0 Å². The number of nitrogens with zero attached hydrogens (tertiary/aromatic N) is 4. The van der Waals surface area contributed by atoms with Crippen LogP contribution in [0.15, 0.2) is 23.6 Å². The van der Waals surface area contributed by atoms with Crippen molar-refractivity contribution in [1.29, 1.82) is 5.26 Å². The topological polar surface area (TPSA) is 52.8 Å². The summed E-state index contributed by atoms with van der Waals surface area (Å²) in [5.41, 5.74) is 1.20. The Balaban J connectivity index is 3.09. The van der Waals surface area contributed by atoms with Crippen LogP contribution >= 0.6 is 11.8 Å². The van der Waals surface area contributed by atoms with Gasteiger partial charge in [-0.1, -0.05) is 11.8 Å². The van der Waals surface area contributed by atoms with Crippen molar-refractivity contribution in [3.8, 4) is 6.07 Å². The summed E-state index contributed by atoms with van der Waals surface area (Å²) >= 11 is 1.46. The van der Waals surface area contributed by atoms with Gasteiger partial charge in [-0.15, -0.1) is 0 Å². The van der Waals surface area contributed by atoms with Crippen LogP contribution in [-0.2, 0) is 0 Å². The Kier molecular flexibility index (Phi) is 4.13. The van der Waals surface area contributed by atoms with Gasteiger partial charge in [-0.3, -0.25) is 0 Å². The molecule has 1 heterocycles. The molecule has 0 aliphatic carbocycles. The zero-order valence-corrected chi connectivity index (χ0v) is 9.75. The fourth-order valence-electron chi connectivity index (χ4n) is 1.000. The van der Waals surface area contributed by atoms with Crippen molar-refractivity contribution in [2.75, 3.05) is 20.4 Å². The van der Waals surface area contributed by atoms with Crippen LogP contribution in [0.4, 0.5) is 0 Å². The highest BCUT2D eigenvalue weighted by molar-refractivity contribution is 7.98. The molecule has 0 spiro atoms. The van der Waals surface area contributed by atoms with E-state index in [0.717, 1.165) is 0 Å². The van der Waals surface area contributed by atoms with Crippen molar-refractivity contribution in [1.82, 2.24) is 14.9 Å². The maximum atomic E-state index is 8.98. The summed E-state index contributed by atoms with van der Waals surface area (Å²) < 4.78 is 0. The van der Waals surface area contributed by atoms with Crippen LogP contribution in [0.3, 0.4) is 0 Å². The Morgan fingerprint density at radius 2 is 2.33 bits per heavy atom. The molecule has 0 fully saturated rings. The van der Waals surface area contributed by atoms with Gasteiger partial charge in [0, 0.05) is 26.5 Å². The third-order valence-electron chi connectivity index (χ3n) is 1.60.